The molecule has 6 atom stereocenters. The average molecular weight is 753 g/mol. The Labute approximate surface area is 310 Å². The van der Waals surface area contributed by atoms with Crippen molar-refractivity contribution in [2.24, 2.45) is 22.7 Å². The maximum atomic E-state index is 12.2. The molecule has 22 nitrogen and oxygen atoms in total. The van der Waals surface area contributed by atoms with Crippen LogP contribution in [0.2, 0.25) is 0 Å². The Kier molecular flexibility index (Phi) is 13.8. The second-order valence-electron chi connectivity index (χ2n) is 11.9. The molecule has 0 radical (unpaired) electrons. The van der Waals surface area contributed by atoms with Crippen LogP contribution < -0.4 is 27.5 Å². The van der Waals surface area contributed by atoms with Gasteiger partial charge in [0.2, 0.25) is 26.6 Å². The van der Waals surface area contributed by atoms with Crippen LogP contribution in [0.15, 0.2) is 27.4 Å². The average Bonchev–Trinajstić information content (AvgIpc) is 3.94. The van der Waals surface area contributed by atoms with E-state index in [-0.39, 0.29) is 85.6 Å². The Morgan fingerprint density at radius 3 is 1.79 bits per heavy atom. The van der Waals surface area contributed by atoms with Crippen molar-refractivity contribution in [1.82, 2.24) is 39.0 Å². The van der Waals surface area contributed by atoms with Gasteiger partial charge in [-0.05, 0) is 19.3 Å². The molecule has 0 aromatic carbocycles. The van der Waals surface area contributed by atoms with Crippen LogP contribution in [0.3, 0.4) is 0 Å². The van der Waals surface area contributed by atoms with Gasteiger partial charge in [0.25, 0.3) is 11.1 Å². The van der Waals surface area contributed by atoms with Gasteiger partial charge in [-0.25, -0.2) is 9.97 Å². The number of amides is 2. The molecule has 4 aromatic heterocycles. The normalized spacial score (nSPS) is 22.7. The first kappa shape index (κ1) is 37.5. The number of aliphatic hydroxyl groups is 2. The van der Waals surface area contributed by atoms with E-state index in [1.165, 1.54) is 26.9 Å². The van der Waals surface area contributed by atoms with Crippen LogP contribution in [-0.2, 0) is 19.1 Å². The number of rotatable bonds is 7. The molecule has 292 valence electrons. The Hall–Kier alpha value is -5.25. The number of imidazole rings is 2. The first-order chi connectivity index (χ1) is 26.7. The van der Waals surface area contributed by atoms with E-state index in [1.807, 2.05) is 0 Å². The van der Waals surface area contributed by atoms with Crippen LogP contribution >= 0.6 is 0 Å². The van der Waals surface area contributed by atoms with Crippen LogP contribution in [-0.4, -0.2) is 102 Å². The summed E-state index contributed by atoms with van der Waals surface area (Å²) in [7, 11) is 2.58. The first-order valence-electron chi connectivity index (χ1n) is 18.1. The molecule has 0 spiro atoms. The minimum atomic E-state index is -0.575. The molecule has 2 fully saturated rings. The maximum absolute atomic E-state index is 12.2. The fourth-order valence-corrected chi connectivity index (χ4v) is 4.91. The Balaban J connectivity index is 0.000000341. The number of ether oxygens (including phenoxy) is 2. The summed E-state index contributed by atoms with van der Waals surface area (Å²) in [6.45, 7) is 6.93. The van der Waals surface area contributed by atoms with Gasteiger partial charge < -0.3 is 25.4 Å². The second kappa shape index (κ2) is 19.5. The number of aromatic amines is 2. The van der Waals surface area contributed by atoms with Crippen LogP contribution in [0.5, 0.6) is 0 Å². The molecule has 2 aliphatic heterocycles. The summed E-state index contributed by atoms with van der Waals surface area (Å²) in [6.07, 6.45) is 1.77. The number of anilines is 2. The summed E-state index contributed by atoms with van der Waals surface area (Å²) in [5.74, 6) is -0.978. The molecule has 6 rings (SSSR count). The number of aliphatic hydroxyl groups excluding tert-OH is 2. The largest absolute Gasteiger partial charge is 0.400 e. The van der Waals surface area contributed by atoms with E-state index in [9.17, 15) is 19.2 Å². The van der Waals surface area contributed by atoms with Crippen molar-refractivity contribution in [3.8, 4) is 0 Å². The molecule has 0 aliphatic carbocycles. The SMILES string of the molecule is C.[2H]C[C@@H]1OC(n2cnc3c(=O)[nH]c(NC(=O)C(C)C)nc32)C[C@@H]1N.[2H]C[C@H]1OC(n2cnc3c(=O)[nH]c(NC(=O)C(C)C)nc32)C[C@@H]1N=[N+]=[N-].[3H]OC.[3H]OC. The Morgan fingerprint density at radius 2 is 1.40 bits per heavy atom. The van der Waals surface area contributed by atoms with Gasteiger partial charge in [-0.15, -0.1) is 0 Å². The molecule has 22 heteroatoms. The van der Waals surface area contributed by atoms with Gasteiger partial charge >= 0.3 is 0 Å². The lowest BCUT2D eigenvalue weighted by atomic mass is 10.1. The third kappa shape index (κ3) is 10.2. The van der Waals surface area contributed by atoms with E-state index in [1.54, 1.807) is 36.8 Å². The van der Waals surface area contributed by atoms with Gasteiger partial charge in [-0.1, -0.05) is 40.2 Å². The number of aromatic nitrogens is 8. The van der Waals surface area contributed by atoms with Crippen molar-refractivity contribution in [1.29, 1.82) is 2.86 Å². The lowest BCUT2D eigenvalue weighted by Gasteiger charge is -2.13. The lowest BCUT2D eigenvalue weighted by Crippen LogP contribution is -2.26. The topological polar surface area (TPSA) is 319 Å². The Bertz CT molecular complexity index is 2090. The molecule has 53 heavy (non-hydrogen) atoms. The van der Waals surface area contributed by atoms with Crippen LogP contribution in [0, 0.1) is 11.8 Å². The molecular formula is C31H50N14O8. The molecule has 6 heterocycles. The molecule has 0 bridgehead atoms. The van der Waals surface area contributed by atoms with E-state index < -0.39 is 35.7 Å². The van der Waals surface area contributed by atoms with Gasteiger partial charge in [-0.2, -0.15) is 9.97 Å². The van der Waals surface area contributed by atoms with Crippen molar-refractivity contribution in [3.63, 3.8) is 0 Å². The zero-order chi connectivity index (χ0) is 41.7. The third-order valence-corrected chi connectivity index (χ3v) is 7.70. The zero-order valence-corrected chi connectivity index (χ0v) is 29.5. The van der Waals surface area contributed by atoms with E-state index in [4.69, 9.17) is 26.3 Å². The highest BCUT2D eigenvalue weighted by Crippen LogP contribution is 2.32. The van der Waals surface area contributed by atoms with Crippen molar-refractivity contribution >= 4 is 46.0 Å². The number of carbonyl (C=O) groups excluding carboxylic acids is 2. The predicted molar refractivity (Wildman–Crippen MR) is 196 cm³/mol. The van der Waals surface area contributed by atoms with Gasteiger partial charge in [0.05, 0.1) is 30.9 Å². The predicted octanol–water partition coefficient (Wildman–Crippen LogP) is 1.90. The van der Waals surface area contributed by atoms with E-state index in [2.05, 4.69) is 60.8 Å². The fraction of sp³-hybridized carbons (Fsp3) is 0.613. The summed E-state index contributed by atoms with van der Waals surface area (Å²) in [4.78, 5) is 72.4. The fourth-order valence-electron chi connectivity index (χ4n) is 4.91. The molecule has 2 aliphatic rings. The number of hydrogen-bond donors (Lipinski definition) is 7. The van der Waals surface area contributed by atoms with Crippen molar-refractivity contribution < 1.29 is 32.0 Å². The van der Waals surface area contributed by atoms with E-state index in [0.717, 1.165) is 0 Å². The van der Waals surface area contributed by atoms with Crippen molar-refractivity contribution in [2.45, 2.75) is 98.5 Å². The number of H-pyrrole nitrogens is 2. The highest BCUT2D eigenvalue weighted by molar-refractivity contribution is 5.91. The number of nitrogens with one attached hydrogen (secondary N) is 4. The van der Waals surface area contributed by atoms with Gasteiger partial charge in [0.15, 0.2) is 22.3 Å². The van der Waals surface area contributed by atoms with Crippen LogP contribution in [0.1, 0.15) is 77.0 Å². The summed E-state index contributed by atoms with van der Waals surface area (Å²) >= 11 is 0. The summed E-state index contributed by atoms with van der Waals surface area (Å²) in [6, 6.07) is -0.742. The molecular weight excluding hydrogens is 696 g/mol. The van der Waals surface area contributed by atoms with Crippen molar-refractivity contribution in [3.05, 3.63) is 43.8 Å². The Morgan fingerprint density at radius 1 is 0.962 bits per heavy atom. The number of carbonyl (C=O) groups is 2. The molecule has 2 amide bonds. The van der Waals surface area contributed by atoms with Crippen LogP contribution in [0.4, 0.5) is 11.9 Å². The first-order valence-corrected chi connectivity index (χ1v) is 15.9. The number of nitrogens with zero attached hydrogens (tertiary/aromatic N) is 9. The molecule has 4 aromatic rings. The number of hydrogen-bond acceptors (Lipinski definition) is 14. The lowest BCUT2D eigenvalue weighted by molar-refractivity contribution is -0.119. The minimum Gasteiger partial charge on any atom is -0.400 e. The quantitative estimate of drug-likeness (QED) is 0.0807. The van der Waals surface area contributed by atoms with Gasteiger partial charge in [0, 0.05) is 52.6 Å². The summed E-state index contributed by atoms with van der Waals surface area (Å²) in [5.41, 5.74) is 14.5. The third-order valence-electron chi connectivity index (χ3n) is 7.70. The highest BCUT2D eigenvalue weighted by atomic mass is 16.5. The number of nitrogens with two attached hydrogens (primary N) is 1. The maximum Gasteiger partial charge on any atom is 0.280 e. The smallest absolute Gasteiger partial charge is 0.280 e. The molecule has 0 saturated carbocycles. The monoisotopic (exact) mass is 752 g/mol. The number of fused-ring (bicyclic) bond motifs is 2. The molecule has 2 unspecified atom stereocenters. The van der Waals surface area contributed by atoms with Gasteiger partial charge in [-0.3, -0.25) is 48.9 Å². The summed E-state index contributed by atoms with van der Waals surface area (Å²) < 4.78 is 41.1. The molecule has 8 N–H and O–H groups in total. The second-order valence-corrected chi connectivity index (χ2v) is 11.9. The minimum absolute atomic E-state index is 0. The van der Waals surface area contributed by atoms with Crippen molar-refractivity contribution in [2.75, 3.05) is 24.9 Å². The highest BCUT2D eigenvalue weighted by Gasteiger charge is 2.34. The zero-order valence-electron chi connectivity index (χ0n) is 33.5. The molecule has 2 saturated heterocycles. The van der Waals surface area contributed by atoms with E-state index >= 15 is 0 Å². The van der Waals surface area contributed by atoms with E-state index in [0.29, 0.717) is 18.5 Å². The van der Waals surface area contributed by atoms with Crippen LogP contribution in [0.25, 0.3) is 32.8 Å². The standard InChI is InChI=1S/C14H18N8O3.C14H20N6O3.2CH4O.CH4/c1-6(2)12(23)18-14-17-11-10(13(24)19-14)16-5-22(11)9-4-8(20-21-15)7(3)25-9;1-6(2)12(21)18-14-17-11-10(13(22)19-14)16-5-20(11)9-4-8(15)7(3)23-9;2*1-2;/h5-9H,4H2,1-3H3,(H2,17,18,19,23,24);5-9H,4,15H2,1-3H3,(H2,17,18,19,21,22);2*2H,1H3;1H4/t7-,8+,9?;7-,8-,9?;;;/m10.../s1/i2*3D;2*2T;. The summed E-state index contributed by atoms with van der Waals surface area (Å²) in [5, 5.41) is 15.8. The number of azide groups is 1. The van der Waals surface area contributed by atoms with Gasteiger partial charge in [0.1, 0.15) is 12.5 Å².